The normalized spacial score (nSPS) is 48.9. The summed E-state index contributed by atoms with van der Waals surface area (Å²) in [6.45, 7) is 1.43. The van der Waals surface area contributed by atoms with Crippen molar-refractivity contribution >= 4 is 17.9 Å². The van der Waals surface area contributed by atoms with E-state index in [4.69, 9.17) is 0 Å². The molecule has 148 valence electrons. The van der Waals surface area contributed by atoms with Gasteiger partial charge in [-0.05, 0) is 66.9 Å². The molecule has 0 aromatic rings. The molecule has 3 saturated carbocycles. The Kier molecular flexibility index (Phi) is 4.44. The first-order valence-electron chi connectivity index (χ1n) is 9.99. The van der Waals surface area contributed by atoms with Gasteiger partial charge in [0.1, 0.15) is 12.9 Å². The summed E-state index contributed by atoms with van der Waals surface area (Å²) in [6.07, 6.45) is 3.68. The molecule has 4 rings (SSSR count). The second-order valence-electron chi connectivity index (χ2n) is 9.29. The van der Waals surface area contributed by atoms with Crippen molar-refractivity contribution in [1.29, 1.82) is 0 Å². The van der Waals surface area contributed by atoms with Crippen molar-refractivity contribution in [3.05, 3.63) is 11.6 Å². The van der Waals surface area contributed by atoms with E-state index in [1.165, 1.54) is 0 Å². The Balaban J connectivity index is 1.77. The van der Waals surface area contributed by atoms with Crippen LogP contribution in [0.15, 0.2) is 11.6 Å². The van der Waals surface area contributed by atoms with E-state index in [0.717, 1.165) is 11.9 Å². The van der Waals surface area contributed by atoms with Gasteiger partial charge in [0.25, 0.3) is 0 Å². The SMILES string of the molecule is C[C@]12CCC(=O)C=C1[C@H](O)C[C@@H]1[C@@H]2[C@@H](O)C[C@]2(C=O)[C@@H](C(=O)CO)CC[C@@H]12. The van der Waals surface area contributed by atoms with E-state index in [2.05, 4.69) is 0 Å². The van der Waals surface area contributed by atoms with Gasteiger partial charge in [-0.25, -0.2) is 0 Å². The van der Waals surface area contributed by atoms with Crippen LogP contribution in [-0.2, 0) is 14.4 Å². The number of aldehydes is 1. The van der Waals surface area contributed by atoms with Crippen LogP contribution < -0.4 is 0 Å². The van der Waals surface area contributed by atoms with Gasteiger partial charge in [-0.1, -0.05) is 6.92 Å². The molecule has 4 aliphatic rings. The predicted octanol–water partition coefficient (Wildman–Crippen LogP) is 0.816. The monoisotopic (exact) mass is 376 g/mol. The molecule has 0 aromatic carbocycles. The molecule has 0 radical (unpaired) electrons. The molecule has 0 aliphatic heterocycles. The molecular weight excluding hydrogens is 348 g/mol. The molecule has 3 fully saturated rings. The number of aliphatic hydroxyl groups excluding tert-OH is 3. The lowest BCUT2D eigenvalue weighted by molar-refractivity contribution is -0.162. The van der Waals surface area contributed by atoms with Gasteiger partial charge in [0.15, 0.2) is 11.6 Å². The minimum absolute atomic E-state index is 0.0157. The maximum Gasteiger partial charge on any atom is 0.162 e. The lowest BCUT2D eigenvalue weighted by Crippen LogP contribution is -2.60. The topological polar surface area (TPSA) is 112 Å². The van der Waals surface area contributed by atoms with Crippen LogP contribution in [0, 0.1) is 34.5 Å². The molecule has 3 N–H and O–H groups in total. The lowest BCUT2D eigenvalue weighted by Gasteiger charge is -2.60. The first-order chi connectivity index (χ1) is 12.8. The standard InChI is InChI=1S/C21H28O6/c1-20-5-4-11(24)6-15(20)16(25)7-12-13-2-3-14(18(27)9-22)21(13,10-23)8-17(26)19(12)20/h6,10,12-14,16-17,19,22,25-26H,2-5,7-9H2,1H3/t12-,13-,14+,16+,17-,19+,20-,21+/m0/s1. The van der Waals surface area contributed by atoms with Crippen molar-refractivity contribution in [1.82, 2.24) is 0 Å². The minimum Gasteiger partial charge on any atom is -0.393 e. The summed E-state index contributed by atoms with van der Waals surface area (Å²) in [5, 5.41) is 31.3. The lowest BCUT2D eigenvalue weighted by atomic mass is 9.45. The van der Waals surface area contributed by atoms with E-state index >= 15 is 0 Å². The van der Waals surface area contributed by atoms with Gasteiger partial charge < -0.3 is 20.1 Å². The first-order valence-corrected chi connectivity index (χ1v) is 9.99. The molecule has 4 aliphatic carbocycles. The molecule has 0 saturated heterocycles. The Labute approximate surface area is 158 Å². The Hall–Kier alpha value is -1.37. The Morgan fingerprint density at radius 1 is 1.33 bits per heavy atom. The smallest absolute Gasteiger partial charge is 0.162 e. The summed E-state index contributed by atoms with van der Waals surface area (Å²) < 4.78 is 0. The fourth-order valence-corrected chi connectivity index (χ4v) is 7.23. The van der Waals surface area contributed by atoms with Crippen molar-refractivity contribution in [2.24, 2.45) is 34.5 Å². The minimum atomic E-state index is -0.956. The fourth-order valence-electron chi connectivity index (χ4n) is 7.23. The maximum atomic E-state index is 12.3. The van der Waals surface area contributed by atoms with Gasteiger partial charge in [0.2, 0.25) is 0 Å². The van der Waals surface area contributed by atoms with E-state index in [1.807, 2.05) is 6.92 Å². The summed E-state index contributed by atoms with van der Waals surface area (Å²) >= 11 is 0. The van der Waals surface area contributed by atoms with E-state index in [1.54, 1.807) is 6.08 Å². The predicted molar refractivity (Wildman–Crippen MR) is 95.5 cm³/mol. The molecule has 0 unspecified atom stereocenters. The van der Waals surface area contributed by atoms with Gasteiger partial charge in [-0.15, -0.1) is 0 Å². The average molecular weight is 376 g/mol. The van der Waals surface area contributed by atoms with Crippen molar-refractivity contribution in [3.63, 3.8) is 0 Å². The van der Waals surface area contributed by atoms with Crippen molar-refractivity contribution < 1.29 is 29.7 Å². The highest BCUT2D eigenvalue weighted by Crippen LogP contribution is 2.66. The molecule has 0 aromatic heterocycles. The summed E-state index contributed by atoms with van der Waals surface area (Å²) in [4.78, 5) is 36.5. The molecule has 0 amide bonds. The largest absolute Gasteiger partial charge is 0.393 e. The fraction of sp³-hybridized carbons (Fsp3) is 0.762. The van der Waals surface area contributed by atoms with Crippen LogP contribution in [0.2, 0.25) is 0 Å². The third-order valence-electron chi connectivity index (χ3n) is 8.28. The van der Waals surface area contributed by atoms with Gasteiger partial charge in [-0.2, -0.15) is 0 Å². The Morgan fingerprint density at radius 3 is 2.74 bits per heavy atom. The van der Waals surface area contributed by atoms with Crippen molar-refractivity contribution in [2.45, 2.75) is 57.7 Å². The number of Topliss-reactive ketones (excluding diaryl/α,β-unsaturated/α-hetero) is 1. The summed E-state index contributed by atoms with van der Waals surface area (Å²) in [5.41, 5.74) is -0.704. The van der Waals surface area contributed by atoms with Gasteiger partial charge in [0, 0.05) is 17.8 Å². The Morgan fingerprint density at radius 2 is 2.07 bits per heavy atom. The molecule has 6 nitrogen and oxygen atoms in total. The van der Waals surface area contributed by atoms with Crippen LogP contribution in [0.3, 0.4) is 0 Å². The highest BCUT2D eigenvalue weighted by atomic mass is 16.3. The number of hydrogen-bond acceptors (Lipinski definition) is 6. The number of rotatable bonds is 3. The number of aliphatic hydroxyl groups is 3. The second-order valence-corrected chi connectivity index (χ2v) is 9.29. The average Bonchev–Trinajstić information content (AvgIpc) is 3.02. The Bertz CT molecular complexity index is 713. The van der Waals surface area contributed by atoms with Crippen LogP contribution in [0.4, 0.5) is 0 Å². The molecular formula is C21H28O6. The van der Waals surface area contributed by atoms with Crippen molar-refractivity contribution in [2.75, 3.05) is 6.61 Å². The molecule has 27 heavy (non-hydrogen) atoms. The van der Waals surface area contributed by atoms with E-state index < -0.39 is 35.6 Å². The highest BCUT2D eigenvalue weighted by molar-refractivity contribution is 5.92. The molecule has 8 atom stereocenters. The number of carbonyl (C=O) groups excluding carboxylic acids is 3. The molecule has 0 bridgehead atoms. The van der Waals surface area contributed by atoms with Crippen molar-refractivity contribution in [3.8, 4) is 0 Å². The van der Waals surface area contributed by atoms with Gasteiger partial charge in [0.05, 0.1) is 12.2 Å². The van der Waals surface area contributed by atoms with Crippen LogP contribution in [0.5, 0.6) is 0 Å². The third-order valence-corrected chi connectivity index (χ3v) is 8.28. The van der Waals surface area contributed by atoms with E-state index in [0.29, 0.717) is 32.1 Å². The van der Waals surface area contributed by atoms with Crippen LogP contribution in [-0.4, -0.2) is 52.0 Å². The zero-order valence-electron chi connectivity index (χ0n) is 15.6. The molecule has 0 spiro atoms. The van der Waals surface area contributed by atoms with E-state index in [-0.39, 0.29) is 35.7 Å². The van der Waals surface area contributed by atoms with Gasteiger partial charge >= 0.3 is 0 Å². The summed E-state index contributed by atoms with van der Waals surface area (Å²) in [6, 6.07) is 0. The summed E-state index contributed by atoms with van der Waals surface area (Å²) in [7, 11) is 0. The summed E-state index contributed by atoms with van der Waals surface area (Å²) in [5.74, 6) is -1.18. The number of ketones is 2. The number of fused-ring (bicyclic) bond motifs is 5. The zero-order valence-corrected chi connectivity index (χ0v) is 15.6. The molecule has 6 heteroatoms. The number of carbonyl (C=O) groups is 3. The first kappa shape index (κ1) is 19.0. The van der Waals surface area contributed by atoms with Crippen LogP contribution in [0.1, 0.15) is 45.4 Å². The third kappa shape index (κ3) is 2.46. The highest BCUT2D eigenvalue weighted by Gasteiger charge is 2.65. The zero-order chi connectivity index (χ0) is 19.6. The second kappa shape index (κ2) is 6.33. The van der Waals surface area contributed by atoms with E-state index in [9.17, 15) is 29.7 Å². The van der Waals surface area contributed by atoms with Crippen LogP contribution >= 0.6 is 0 Å². The number of hydrogen-bond donors (Lipinski definition) is 3. The van der Waals surface area contributed by atoms with Crippen LogP contribution in [0.25, 0.3) is 0 Å². The quantitative estimate of drug-likeness (QED) is 0.629. The van der Waals surface area contributed by atoms with Gasteiger partial charge in [-0.3, -0.25) is 9.59 Å². The molecule has 0 heterocycles. The maximum absolute atomic E-state index is 12.3.